The van der Waals surface area contributed by atoms with Gasteiger partial charge in [-0.2, -0.15) is 5.10 Å². The van der Waals surface area contributed by atoms with E-state index >= 15 is 0 Å². The number of anilines is 1. The van der Waals surface area contributed by atoms with Crippen molar-refractivity contribution in [2.45, 2.75) is 40.0 Å². The van der Waals surface area contributed by atoms with Crippen molar-refractivity contribution in [3.63, 3.8) is 0 Å². The lowest BCUT2D eigenvalue weighted by Gasteiger charge is -2.40. The molecule has 1 saturated heterocycles. The number of aldehydes is 1. The third kappa shape index (κ3) is 2.16. The summed E-state index contributed by atoms with van der Waals surface area (Å²) in [4.78, 5) is 13.5. The minimum absolute atomic E-state index is 0.464. The Morgan fingerprint density at radius 2 is 2.00 bits per heavy atom. The standard InChI is InChI=1S/C14H23N3O/c1-5-14(3)6-8-17(9-7-14)13-12(10-18)11(2)15-16(13)4/h10H,5-9H2,1-4H3. The number of nitrogens with zero attached hydrogens (tertiary/aromatic N) is 3. The van der Waals surface area contributed by atoms with Gasteiger partial charge in [-0.05, 0) is 25.2 Å². The Morgan fingerprint density at radius 3 is 2.50 bits per heavy atom. The molecule has 0 spiro atoms. The highest BCUT2D eigenvalue weighted by molar-refractivity contribution is 5.84. The van der Waals surface area contributed by atoms with Gasteiger partial charge in [0.2, 0.25) is 0 Å². The highest BCUT2D eigenvalue weighted by atomic mass is 16.1. The molecule has 1 fully saturated rings. The first-order chi connectivity index (χ1) is 8.50. The quantitative estimate of drug-likeness (QED) is 0.773. The van der Waals surface area contributed by atoms with Crippen LogP contribution in [0.3, 0.4) is 0 Å². The molecule has 0 radical (unpaired) electrons. The van der Waals surface area contributed by atoms with Crippen LogP contribution in [0.25, 0.3) is 0 Å². The van der Waals surface area contributed by atoms with Crippen LogP contribution in [0.4, 0.5) is 5.82 Å². The first-order valence-corrected chi connectivity index (χ1v) is 6.74. The lowest BCUT2D eigenvalue weighted by Crippen LogP contribution is -2.39. The van der Waals surface area contributed by atoms with Crippen LogP contribution in [-0.2, 0) is 7.05 Å². The van der Waals surface area contributed by atoms with E-state index in [1.54, 1.807) is 0 Å². The average molecular weight is 249 g/mol. The van der Waals surface area contributed by atoms with Crippen molar-refractivity contribution in [1.82, 2.24) is 9.78 Å². The second-order valence-corrected chi connectivity index (χ2v) is 5.72. The third-order valence-electron chi connectivity index (χ3n) is 4.48. The largest absolute Gasteiger partial charge is 0.356 e. The zero-order valence-corrected chi connectivity index (χ0v) is 11.9. The van der Waals surface area contributed by atoms with Gasteiger partial charge in [-0.1, -0.05) is 20.3 Å². The van der Waals surface area contributed by atoms with E-state index in [4.69, 9.17) is 0 Å². The molecule has 0 N–H and O–H groups in total. The van der Waals surface area contributed by atoms with Crippen LogP contribution in [0.15, 0.2) is 0 Å². The summed E-state index contributed by atoms with van der Waals surface area (Å²) in [7, 11) is 1.92. The maximum Gasteiger partial charge on any atom is 0.155 e. The van der Waals surface area contributed by atoms with Crippen LogP contribution in [0, 0.1) is 12.3 Å². The maximum atomic E-state index is 11.2. The van der Waals surface area contributed by atoms with Crippen molar-refractivity contribution in [2.24, 2.45) is 12.5 Å². The molecule has 18 heavy (non-hydrogen) atoms. The highest BCUT2D eigenvalue weighted by Crippen LogP contribution is 2.36. The Labute approximate surface area is 109 Å². The van der Waals surface area contributed by atoms with Gasteiger partial charge in [0.1, 0.15) is 5.82 Å². The van der Waals surface area contributed by atoms with Gasteiger partial charge in [-0.25, -0.2) is 0 Å². The summed E-state index contributed by atoms with van der Waals surface area (Å²) in [5, 5.41) is 4.36. The van der Waals surface area contributed by atoms with E-state index in [2.05, 4.69) is 23.8 Å². The van der Waals surface area contributed by atoms with Crippen molar-refractivity contribution in [1.29, 1.82) is 0 Å². The Bertz CT molecular complexity index is 442. The number of hydrogen-bond acceptors (Lipinski definition) is 3. The van der Waals surface area contributed by atoms with Crippen molar-refractivity contribution in [3.05, 3.63) is 11.3 Å². The van der Waals surface area contributed by atoms with E-state index in [1.807, 2.05) is 18.7 Å². The first kappa shape index (κ1) is 13.1. The van der Waals surface area contributed by atoms with Crippen molar-refractivity contribution in [2.75, 3.05) is 18.0 Å². The minimum atomic E-state index is 0.464. The zero-order chi connectivity index (χ0) is 13.3. The molecule has 1 aromatic rings. The first-order valence-electron chi connectivity index (χ1n) is 6.74. The lowest BCUT2D eigenvalue weighted by molar-refractivity contribution is 0.112. The van der Waals surface area contributed by atoms with Gasteiger partial charge >= 0.3 is 0 Å². The Hall–Kier alpha value is -1.32. The van der Waals surface area contributed by atoms with Gasteiger partial charge < -0.3 is 4.90 Å². The zero-order valence-electron chi connectivity index (χ0n) is 11.9. The molecule has 0 atom stereocenters. The van der Waals surface area contributed by atoms with E-state index in [9.17, 15) is 4.79 Å². The topological polar surface area (TPSA) is 38.1 Å². The molecule has 2 rings (SSSR count). The molecule has 1 aliphatic rings. The van der Waals surface area contributed by atoms with Crippen molar-refractivity contribution >= 4 is 12.1 Å². The van der Waals surface area contributed by atoms with E-state index in [-0.39, 0.29) is 0 Å². The molecule has 4 heteroatoms. The Balaban J connectivity index is 2.22. The average Bonchev–Trinajstić information content (AvgIpc) is 2.65. The van der Waals surface area contributed by atoms with Gasteiger partial charge in [-0.3, -0.25) is 9.48 Å². The summed E-state index contributed by atoms with van der Waals surface area (Å²) in [5.41, 5.74) is 2.04. The number of aryl methyl sites for hydroxylation is 2. The van der Waals surface area contributed by atoms with E-state index in [1.165, 1.54) is 19.3 Å². The van der Waals surface area contributed by atoms with Crippen molar-refractivity contribution < 1.29 is 4.79 Å². The number of hydrogen-bond donors (Lipinski definition) is 0. The van der Waals surface area contributed by atoms with Gasteiger partial charge in [0.15, 0.2) is 6.29 Å². The summed E-state index contributed by atoms with van der Waals surface area (Å²) < 4.78 is 1.84. The normalized spacial score (nSPS) is 19.0. The fourth-order valence-corrected chi connectivity index (χ4v) is 2.79. The summed E-state index contributed by atoms with van der Waals surface area (Å²) in [6.45, 7) is 8.56. The second-order valence-electron chi connectivity index (χ2n) is 5.72. The van der Waals surface area contributed by atoms with Crippen LogP contribution in [0.5, 0.6) is 0 Å². The van der Waals surface area contributed by atoms with Crippen LogP contribution < -0.4 is 4.90 Å². The fourth-order valence-electron chi connectivity index (χ4n) is 2.79. The number of carbonyl (C=O) groups is 1. The molecule has 100 valence electrons. The molecule has 0 bridgehead atoms. The van der Waals surface area contributed by atoms with Crippen molar-refractivity contribution in [3.8, 4) is 0 Å². The lowest BCUT2D eigenvalue weighted by atomic mass is 9.78. The number of piperidine rings is 1. The molecule has 0 saturated carbocycles. The molecule has 0 aliphatic carbocycles. The number of carbonyl (C=O) groups excluding carboxylic acids is 1. The monoisotopic (exact) mass is 249 g/mol. The predicted molar refractivity (Wildman–Crippen MR) is 73.2 cm³/mol. The smallest absolute Gasteiger partial charge is 0.155 e. The summed E-state index contributed by atoms with van der Waals surface area (Å²) in [6, 6.07) is 0. The predicted octanol–water partition coefficient (Wildman–Crippen LogP) is 2.56. The highest BCUT2D eigenvalue weighted by Gasteiger charge is 2.30. The summed E-state index contributed by atoms with van der Waals surface area (Å²) in [6.07, 6.45) is 4.54. The molecule has 0 unspecified atom stereocenters. The number of rotatable bonds is 3. The second kappa shape index (κ2) is 4.75. The molecule has 0 amide bonds. The third-order valence-corrected chi connectivity index (χ3v) is 4.48. The van der Waals surface area contributed by atoms with E-state index in [0.717, 1.165) is 36.5 Å². The van der Waals surface area contributed by atoms with Crippen LogP contribution in [-0.4, -0.2) is 29.2 Å². The molecule has 4 nitrogen and oxygen atoms in total. The van der Waals surface area contributed by atoms with E-state index < -0.39 is 0 Å². The molecular formula is C14H23N3O. The molecule has 1 aromatic heterocycles. The van der Waals surface area contributed by atoms with Gasteiger partial charge in [-0.15, -0.1) is 0 Å². The SMILES string of the molecule is CCC1(C)CCN(c2c(C=O)c(C)nn2C)CC1. The molecule has 1 aliphatic heterocycles. The van der Waals surface area contributed by atoms with Crippen LogP contribution in [0.2, 0.25) is 0 Å². The summed E-state index contributed by atoms with van der Waals surface area (Å²) >= 11 is 0. The van der Waals surface area contributed by atoms with Gasteiger partial charge in [0.25, 0.3) is 0 Å². The van der Waals surface area contributed by atoms with Crippen LogP contribution in [0.1, 0.15) is 49.2 Å². The molecule has 0 aromatic carbocycles. The fraction of sp³-hybridized carbons (Fsp3) is 0.714. The van der Waals surface area contributed by atoms with Gasteiger partial charge in [0.05, 0.1) is 11.3 Å². The maximum absolute atomic E-state index is 11.2. The minimum Gasteiger partial charge on any atom is -0.356 e. The molecule has 2 heterocycles. The Morgan fingerprint density at radius 1 is 1.39 bits per heavy atom. The number of aromatic nitrogens is 2. The Kier molecular flexibility index (Phi) is 3.46. The van der Waals surface area contributed by atoms with E-state index in [0.29, 0.717) is 5.41 Å². The molecular weight excluding hydrogens is 226 g/mol. The van der Waals surface area contributed by atoms with Gasteiger partial charge in [0, 0.05) is 20.1 Å². The summed E-state index contributed by atoms with van der Waals surface area (Å²) in [5.74, 6) is 0.987. The van der Waals surface area contributed by atoms with Crippen LogP contribution >= 0.6 is 0 Å².